The molecule has 0 aliphatic carbocycles. The van der Waals surface area contributed by atoms with E-state index in [-0.39, 0.29) is 5.82 Å². The number of hydrogen-bond acceptors (Lipinski definition) is 5. The second-order valence-electron chi connectivity index (χ2n) is 3.72. The number of rotatable bonds is 3. The number of halogens is 3. The summed E-state index contributed by atoms with van der Waals surface area (Å²) in [5.74, 6) is -3.52. The van der Waals surface area contributed by atoms with Crippen LogP contribution in [0.5, 0.6) is 0 Å². The van der Waals surface area contributed by atoms with E-state index in [2.05, 4.69) is 31.2 Å². The number of hydrogen-bond donors (Lipinski definition) is 1. The van der Waals surface area contributed by atoms with Crippen LogP contribution in [0.2, 0.25) is 0 Å². The molecule has 1 amide bonds. The van der Waals surface area contributed by atoms with E-state index in [4.69, 9.17) is 0 Å². The highest BCUT2D eigenvalue weighted by molar-refractivity contribution is 9.10. The Labute approximate surface area is 124 Å². The number of aromatic nitrogens is 2. The molecule has 0 bridgehead atoms. The Balaban J connectivity index is 2.29. The molecule has 1 aromatic carbocycles. The maximum Gasteiger partial charge on any atom is 0.307 e. The number of anilines is 1. The van der Waals surface area contributed by atoms with E-state index in [9.17, 15) is 23.7 Å². The van der Waals surface area contributed by atoms with Gasteiger partial charge in [-0.2, -0.15) is 4.39 Å². The Bertz CT molecular complexity index is 724. The van der Waals surface area contributed by atoms with E-state index in [0.717, 1.165) is 0 Å². The molecule has 0 unspecified atom stereocenters. The maximum atomic E-state index is 13.6. The minimum Gasteiger partial charge on any atom is -0.305 e. The van der Waals surface area contributed by atoms with Crippen molar-refractivity contribution in [3.05, 3.63) is 56.4 Å². The van der Waals surface area contributed by atoms with Gasteiger partial charge >= 0.3 is 5.69 Å². The summed E-state index contributed by atoms with van der Waals surface area (Å²) in [4.78, 5) is 28.7. The summed E-state index contributed by atoms with van der Waals surface area (Å²) >= 11 is 3.04. The van der Waals surface area contributed by atoms with Crippen molar-refractivity contribution in [2.24, 2.45) is 0 Å². The molecule has 0 atom stereocenters. The predicted molar refractivity (Wildman–Crippen MR) is 70.7 cm³/mol. The highest BCUT2D eigenvalue weighted by Gasteiger charge is 2.22. The highest BCUT2D eigenvalue weighted by Crippen LogP contribution is 2.22. The van der Waals surface area contributed by atoms with Crippen LogP contribution in [-0.4, -0.2) is 20.8 Å². The van der Waals surface area contributed by atoms with Gasteiger partial charge in [-0.15, -0.1) is 0 Å². The van der Waals surface area contributed by atoms with Crippen LogP contribution in [0.25, 0.3) is 0 Å². The normalized spacial score (nSPS) is 10.2. The fraction of sp³-hybridized carbons (Fsp3) is 0. The Kier molecular flexibility index (Phi) is 4.17. The third kappa shape index (κ3) is 3.34. The van der Waals surface area contributed by atoms with Crippen molar-refractivity contribution in [1.82, 2.24) is 9.97 Å². The molecule has 1 heterocycles. The summed E-state index contributed by atoms with van der Waals surface area (Å²) in [6.45, 7) is 0. The lowest BCUT2D eigenvalue weighted by Gasteiger charge is -2.05. The quantitative estimate of drug-likeness (QED) is 0.671. The number of carbonyl (C=O) groups is 1. The molecule has 0 spiro atoms. The summed E-state index contributed by atoms with van der Waals surface area (Å²) in [5, 5.41) is 12.6. The van der Waals surface area contributed by atoms with E-state index in [1.807, 2.05) is 0 Å². The molecule has 0 saturated carbocycles. The number of carbonyl (C=O) groups excluding carboxylic acids is 1. The highest BCUT2D eigenvalue weighted by atomic mass is 79.9. The lowest BCUT2D eigenvalue weighted by Crippen LogP contribution is -2.15. The minimum atomic E-state index is -1.31. The third-order valence-corrected chi connectivity index (χ3v) is 2.75. The van der Waals surface area contributed by atoms with Crippen LogP contribution >= 0.6 is 15.9 Å². The number of benzene rings is 1. The SMILES string of the molecule is O=C(Nc1cnc(Br)cn1)c1cc(F)c([N+](=O)[O-])cc1F. The van der Waals surface area contributed by atoms with Gasteiger partial charge in [-0.25, -0.2) is 14.4 Å². The fourth-order valence-corrected chi connectivity index (χ4v) is 1.62. The van der Waals surface area contributed by atoms with Crippen molar-refractivity contribution in [3.63, 3.8) is 0 Å². The monoisotopic (exact) mass is 358 g/mol. The predicted octanol–water partition coefficient (Wildman–Crippen LogP) is 2.68. The molecule has 108 valence electrons. The van der Waals surface area contributed by atoms with Crippen molar-refractivity contribution in [2.45, 2.75) is 0 Å². The van der Waals surface area contributed by atoms with Crippen molar-refractivity contribution in [1.29, 1.82) is 0 Å². The standard InChI is InChI=1S/C11H5BrF2N4O3/c12-9-3-16-10(4-15-9)17-11(19)5-1-7(14)8(18(20)21)2-6(5)13/h1-4H,(H,16,17,19). The van der Waals surface area contributed by atoms with Crippen LogP contribution in [0.3, 0.4) is 0 Å². The molecule has 2 rings (SSSR count). The van der Waals surface area contributed by atoms with E-state index >= 15 is 0 Å². The van der Waals surface area contributed by atoms with Gasteiger partial charge in [0, 0.05) is 0 Å². The van der Waals surface area contributed by atoms with Gasteiger partial charge < -0.3 is 5.32 Å². The first kappa shape index (κ1) is 14.9. The summed E-state index contributed by atoms with van der Waals surface area (Å²) in [7, 11) is 0. The number of nitrogens with one attached hydrogen (secondary N) is 1. The molecule has 0 saturated heterocycles. The van der Waals surface area contributed by atoms with Gasteiger partial charge in [0.15, 0.2) is 5.82 Å². The summed E-state index contributed by atoms with van der Waals surface area (Å²) in [6, 6.07) is 0.798. The van der Waals surface area contributed by atoms with Crippen LogP contribution in [0.4, 0.5) is 20.3 Å². The van der Waals surface area contributed by atoms with Crippen LogP contribution < -0.4 is 5.32 Å². The minimum absolute atomic E-state index is 0.0151. The molecule has 0 aliphatic rings. The lowest BCUT2D eigenvalue weighted by atomic mass is 10.1. The Morgan fingerprint density at radius 3 is 2.52 bits per heavy atom. The summed E-state index contributed by atoms with van der Waals surface area (Å²) in [5.41, 5.74) is -1.73. The topological polar surface area (TPSA) is 98.0 Å². The Morgan fingerprint density at radius 2 is 1.95 bits per heavy atom. The zero-order chi connectivity index (χ0) is 15.6. The fourth-order valence-electron chi connectivity index (χ4n) is 1.41. The first-order valence-corrected chi connectivity index (χ1v) is 6.10. The molecular weight excluding hydrogens is 354 g/mol. The van der Waals surface area contributed by atoms with Crippen LogP contribution in [0.1, 0.15) is 10.4 Å². The zero-order valence-electron chi connectivity index (χ0n) is 10.0. The first-order chi connectivity index (χ1) is 9.88. The molecule has 1 aromatic heterocycles. The summed E-state index contributed by atoms with van der Waals surface area (Å²) in [6.07, 6.45) is 2.49. The number of nitro groups is 1. The average molecular weight is 359 g/mol. The molecule has 0 radical (unpaired) electrons. The molecule has 2 aromatic rings. The van der Waals surface area contributed by atoms with Crippen LogP contribution in [0, 0.1) is 21.7 Å². The Morgan fingerprint density at radius 1 is 1.24 bits per heavy atom. The van der Waals surface area contributed by atoms with Crippen molar-refractivity contribution >= 4 is 33.3 Å². The van der Waals surface area contributed by atoms with Crippen LogP contribution in [-0.2, 0) is 0 Å². The van der Waals surface area contributed by atoms with Gasteiger partial charge in [-0.3, -0.25) is 14.9 Å². The molecule has 7 nitrogen and oxygen atoms in total. The number of amides is 1. The molecule has 0 fully saturated rings. The van der Waals surface area contributed by atoms with E-state index in [1.54, 1.807) is 0 Å². The molecule has 0 aliphatic heterocycles. The maximum absolute atomic E-state index is 13.6. The van der Waals surface area contributed by atoms with Crippen molar-refractivity contribution in [3.8, 4) is 0 Å². The van der Waals surface area contributed by atoms with E-state index in [1.165, 1.54) is 12.4 Å². The van der Waals surface area contributed by atoms with Crippen molar-refractivity contribution < 1.29 is 18.5 Å². The van der Waals surface area contributed by atoms with Gasteiger partial charge in [0.05, 0.1) is 28.9 Å². The second-order valence-corrected chi connectivity index (χ2v) is 4.53. The third-order valence-electron chi connectivity index (χ3n) is 2.34. The van der Waals surface area contributed by atoms with Gasteiger partial charge in [0.1, 0.15) is 10.4 Å². The summed E-state index contributed by atoms with van der Waals surface area (Å²) < 4.78 is 27.5. The second kappa shape index (κ2) is 5.87. The van der Waals surface area contributed by atoms with E-state index in [0.29, 0.717) is 16.7 Å². The lowest BCUT2D eigenvalue weighted by molar-refractivity contribution is -0.387. The van der Waals surface area contributed by atoms with Crippen molar-refractivity contribution in [2.75, 3.05) is 5.32 Å². The first-order valence-electron chi connectivity index (χ1n) is 5.31. The molecule has 21 heavy (non-hydrogen) atoms. The van der Waals surface area contributed by atoms with Gasteiger partial charge in [0.2, 0.25) is 5.82 Å². The van der Waals surface area contributed by atoms with Crippen LogP contribution in [0.15, 0.2) is 29.1 Å². The smallest absolute Gasteiger partial charge is 0.305 e. The zero-order valence-corrected chi connectivity index (χ0v) is 11.6. The van der Waals surface area contributed by atoms with E-state index < -0.39 is 33.7 Å². The average Bonchev–Trinajstić information content (AvgIpc) is 2.43. The Hall–Kier alpha value is -2.49. The van der Waals surface area contributed by atoms with Gasteiger partial charge in [0.25, 0.3) is 5.91 Å². The molecule has 10 heteroatoms. The van der Waals surface area contributed by atoms with Gasteiger partial charge in [-0.05, 0) is 22.0 Å². The number of nitro benzene ring substituents is 1. The molecular formula is C11H5BrF2N4O3. The number of nitrogens with zero attached hydrogens (tertiary/aromatic N) is 3. The molecule has 1 N–H and O–H groups in total. The van der Waals surface area contributed by atoms with Gasteiger partial charge in [-0.1, -0.05) is 0 Å². The largest absolute Gasteiger partial charge is 0.307 e.